The summed E-state index contributed by atoms with van der Waals surface area (Å²) >= 11 is 5.81. The first-order valence-electron chi connectivity index (χ1n) is 9.88. The smallest absolute Gasteiger partial charge is 0.174 e. The second-order valence-electron chi connectivity index (χ2n) is 7.32. The van der Waals surface area contributed by atoms with Crippen LogP contribution in [0.15, 0.2) is 91.4 Å². The Labute approximate surface area is 181 Å². The Bertz CT molecular complexity index is 1160. The monoisotopic (exact) mass is 411 g/mol. The molecule has 0 saturated carbocycles. The number of aryl methyl sites for hydroxylation is 1. The molecule has 1 aliphatic rings. The number of thiocarbonyl (C=S) groups is 1. The molecular formula is C24H21N5S. The first-order chi connectivity index (χ1) is 14.7. The van der Waals surface area contributed by atoms with Gasteiger partial charge in [-0.1, -0.05) is 29.8 Å². The normalized spacial score (nSPS) is 18.4. The van der Waals surface area contributed by atoms with Gasteiger partial charge in [-0.25, -0.2) is 4.98 Å². The third-order valence-electron chi connectivity index (χ3n) is 5.39. The molecule has 148 valence electrons. The molecule has 5 nitrogen and oxygen atoms in total. The molecule has 0 unspecified atom stereocenters. The molecule has 1 aromatic carbocycles. The number of hydrogen-bond acceptors (Lipinski definition) is 3. The highest BCUT2D eigenvalue weighted by Gasteiger charge is 2.42. The van der Waals surface area contributed by atoms with Crippen LogP contribution >= 0.6 is 12.2 Å². The Balaban J connectivity index is 1.67. The summed E-state index contributed by atoms with van der Waals surface area (Å²) in [4.78, 5) is 11.4. The van der Waals surface area contributed by atoms with Crippen molar-refractivity contribution in [3.8, 4) is 5.82 Å². The van der Waals surface area contributed by atoms with Crippen LogP contribution in [0.2, 0.25) is 0 Å². The highest BCUT2D eigenvalue weighted by molar-refractivity contribution is 7.80. The van der Waals surface area contributed by atoms with Gasteiger partial charge in [0.1, 0.15) is 11.9 Å². The summed E-state index contributed by atoms with van der Waals surface area (Å²) in [6, 6.07) is 24.4. The van der Waals surface area contributed by atoms with E-state index in [2.05, 4.69) is 62.0 Å². The average molecular weight is 412 g/mol. The zero-order chi connectivity index (χ0) is 20.5. The van der Waals surface area contributed by atoms with Crippen molar-refractivity contribution in [1.82, 2.24) is 19.9 Å². The van der Waals surface area contributed by atoms with E-state index in [1.54, 1.807) is 0 Å². The van der Waals surface area contributed by atoms with Gasteiger partial charge in [-0.05, 0) is 67.7 Å². The van der Waals surface area contributed by atoms with E-state index >= 15 is 0 Å². The van der Waals surface area contributed by atoms with Gasteiger partial charge in [0.05, 0.1) is 11.7 Å². The van der Waals surface area contributed by atoms with Crippen LogP contribution in [0.5, 0.6) is 0 Å². The maximum Gasteiger partial charge on any atom is 0.174 e. The highest BCUT2D eigenvalue weighted by atomic mass is 32.1. The lowest BCUT2D eigenvalue weighted by molar-refractivity contribution is 0.548. The molecule has 2 atom stereocenters. The fourth-order valence-corrected chi connectivity index (χ4v) is 4.32. The predicted octanol–water partition coefficient (Wildman–Crippen LogP) is 4.75. The number of hydrogen-bond donors (Lipinski definition) is 1. The van der Waals surface area contributed by atoms with Gasteiger partial charge in [-0.15, -0.1) is 0 Å². The Morgan fingerprint density at radius 3 is 2.33 bits per heavy atom. The van der Waals surface area contributed by atoms with Crippen molar-refractivity contribution >= 4 is 23.0 Å². The molecule has 0 spiro atoms. The summed E-state index contributed by atoms with van der Waals surface area (Å²) in [6.45, 7) is 2.09. The predicted molar refractivity (Wildman–Crippen MR) is 123 cm³/mol. The van der Waals surface area contributed by atoms with Crippen molar-refractivity contribution in [2.24, 2.45) is 0 Å². The molecule has 4 aromatic rings. The van der Waals surface area contributed by atoms with Crippen LogP contribution in [0.25, 0.3) is 5.82 Å². The summed E-state index contributed by atoms with van der Waals surface area (Å²) in [5.74, 6) is 0.874. The van der Waals surface area contributed by atoms with Crippen LogP contribution in [0.4, 0.5) is 5.69 Å². The molecular weight excluding hydrogens is 390 g/mol. The molecule has 0 bridgehead atoms. The molecule has 1 N–H and O–H groups in total. The van der Waals surface area contributed by atoms with Crippen LogP contribution in [-0.2, 0) is 0 Å². The Morgan fingerprint density at radius 1 is 0.867 bits per heavy atom. The molecule has 1 fully saturated rings. The van der Waals surface area contributed by atoms with E-state index in [1.807, 2.05) is 61.1 Å². The lowest BCUT2D eigenvalue weighted by Crippen LogP contribution is -2.30. The van der Waals surface area contributed by atoms with Gasteiger partial charge < -0.3 is 14.8 Å². The van der Waals surface area contributed by atoms with Crippen molar-refractivity contribution in [2.45, 2.75) is 19.0 Å². The van der Waals surface area contributed by atoms with Crippen LogP contribution in [0.1, 0.15) is 29.0 Å². The van der Waals surface area contributed by atoms with Crippen molar-refractivity contribution in [1.29, 1.82) is 0 Å². The molecule has 1 saturated heterocycles. The third kappa shape index (κ3) is 3.25. The lowest BCUT2D eigenvalue weighted by Gasteiger charge is -2.28. The van der Waals surface area contributed by atoms with Crippen molar-refractivity contribution in [3.63, 3.8) is 0 Å². The standard InChI is InChI=1S/C24H21N5S/c1-17-10-12-18(13-11-17)29-23(22(27-24(29)30)19-7-2-4-14-25-19)20-8-6-16-28(20)21-9-3-5-15-26-21/h2-16,22-23H,1H3,(H,27,30)/t22-,23+/m0/s1. The minimum Gasteiger partial charge on any atom is -0.351 e. The number of rotatable bonds is 4. The molecule has 6 heteroatoms. The summed E-state index contributed by atoms with van der Waals surface area (Å²) in [5, 5.41) is 4.20. The third-order valence-corrected chi connectivity index (χ3v) is 5.70. The van der Waals surface area contributed by atoms with Crippen LogP contribution in [0.3, 0.4) is 0 Å². The first kappa shape index (κ1) is 18.5. The van der Waals surface area contributed by atoms with Gasteiger partial charge >= 0.3 is 0 Å². The second-order valence-corrected chi connectivity index (χ2v) is 7.71. The van der Waals surface area contributed by atoms with Gasteiger partial charge in [-0.2, -0.15) is 0 Å². The van der Waals surface area contributed by atoms with Gasteiger partial charge in [-0.3, -0.25) is 4.98 Å². The molecule has 5 rings (SSSR count). The largest absolute Gasteiger partial charge is 0.351 e. The maximum absolute atomic E-state index is 5.81. The van der Waals surface area contributed by atoms with E-state index in [4.69, 9.17) is 12.2 Å². The molecule has 0 amide bonds. The van der Waals surface area contributed by atoms with E-state index in [1.165, 1.54) is 5.56 Å². The minimum absolute atomic E-state index is 0.0767. The van der Waals surface area contributed by atoms with Crippen LogP contribution in [0, 0.1) is 6.92 Å². The topological polar surface area (TPSA) is 46.0 Å². The fourth-order valence-electron chi connectivity index (χ4n) is 3.98. The van der Waals surface area contributed by atoms with Gasteiger partial charge in [0, 0.05) is 30.0 Å². The molecule has 0 aliphatic carbocycles. The number of benzene rings is 1. The quantitative estimate of drug-likeness (QED) is 0.491. The van der Waals surface area contributed by atoms with Gasteiger partial charge in [0.15, 0.2) is 5.11 Å². The molecule has 30 heavy (non-hydrogen) atoms. The van der Waals surface area contributed by atoms with Crippen molar-refractivity contribution in [3.05, 3.63) is 108 Å². The van der Waals surface area contributed by atoms with E-state index in [-0.39, 0.29) is 12.1 Å². The number of nitrogens with zero attached hydrogens (tertiary/aromatic N) is 4. The van der Waals surface area contributed by atoms with Crippen molar-refractivity contribution < 1.29 is 0 Å². The first-order valence-corrected chi connectivity index (χ1v) is 10.3. The Morgan fingerprint density at radius 2 is 1.63 bits per heavy atom. The average Bonchev–Trinajstić information content (AvgIpc) is 3.40. The zero-order valence-corrected chi connectivity index (χ0v) is 17.3. The lowest BCUT2D eigenvalue weighted by atomic mass is 10.0. The minimum atomic E-state index is -0.0858. The highest BCUT2D eigenvalue weighted by Crippen LogP contribution is 2.42. The van der Waals surface area contributed by atoms with E-state index in [9.17, 15) is 0 Å². The van der Waals surface area contributed by atoms with E-state index < -0.39 is 0 Å². The van der Waals surface area contributed by atoms with Gasteiger partial charge in [0.25, 0.3) is 0 Å². The van der Waals surface area contributed by atoms with Crippen LogP contribution < -0.4 is 10.2 Å². The fraction of sp³-hybridized carbons (Fsp3) is 0.125. The molecule has 0 radical (unpaired) electrons. The number of pyridine rings is 2. The summed E-state index contributed by atoms with van der Waals surface area (Å²) in [6.07, 6.45) is 5.68. The second kappa shape index (κ2) is 7.72. The summed E-state index contributed by atoms with van der Waals surface area (Å²) in [5.41, 5.74) is 4.31. The van der Waals surface area contributed by atoms with E-state index in [0.29, 0.717) is 5.11 Å². The Hall–Kier alpha value is -3.51. The van der Waals surface area contributed by atoms with Crippen molar-refractivity contribution in [2.75, 3.05) is 4.90 Å². The Kier molecular flexibility index (Phi) is 4.77. The van der Waals surface area contributed by atoms with E-state index in [0.717, 1.165) is 22.9 Å². The molecule has 4 heterocycles. The number of anilines is 1. The summed E-state index contributed by atoms with van der Waals surface area (Å²) in [7, 11) is 0. The zero-order valence-electron chi connectivity index (χ0n) is 16.5. The molecule has 1 aliphatic heterocycles. The SMILES string of the molecule is Cc1ccc(N2C(=S)N[C@@H](c3ccccn3)[C@H]2c2cccn2-c2ccccn2)cc1. The van der Waals surface area contributed by atoms with Gasteiger partial charge in [0.2, 0.25) is 0 Å². The maximum atomic E-state index is 5.81. The summed E-state index contributed by atoms with van der Waals surface area (Å²) < 4.78 is 2.12. The van der Waals surface area contributed by atoms with Crippen LogP contribution in [-0.4, -0.2) is 19.6 Å². The number of nitrogens with one attached hydrogen (secondary N) is 1. The molecule has 3 aromatic heterocycles. The number of aromatic nitrogens is 3.